The van der Waals surface area contributed by atoms with Crippen LogP contribution < -0.4 is 5.32 Å². The minimum Gasteiger partial charge on any atom is -0.462 e. The van der Waals surface area contributed by atoms with Crippen molar-refractivity contribution in [2.45, 2.75) is 78.2 Å². The highest BCUT2D eigenvalue weighted by Crippen LogP contribution is 2.66. The van der Waals surface area contributed by atoms with Crippen LogP contribution in [0.1, 0.15) is 82.5 Å². The van der Waals surface area contributed by atoms with Gasteiger partial charge < -0.3 is 10.1 Å². The summed E-state index contributed by atoms with van der Waals surface area (Å²) >= 11 is 0. The summed E-state index contributed by atoms with van der Waals surface area (Å²) in [5, 5.41) is 2.98. The molecule has 5 rings (SSSR count). The van der Waals surface area contributed by atoms with Crippen molar-refractivity contribution in [2.24, 2.45) is 34.5 Å². The first kappa shape index (κ1) is 24.3. The second-order valence-electron chi connectivity index (χ2n) is 11.9. The van der Waals surface area contributed by atoms with Crippen LogP contribution in [0.4, 0.5) is 0 Å². The Kier molecular flexibility index (Phi) is 6.39. The fourth-order valence-electron chi connectivity index (χ4n) is 8.41. The molecule has 3 saturated carbocycles. The molecule has 0 unspecified atom stereocenters. The monoisotopic (exact) mass is 477 g/mol. The Hall–Kier alpha value is -2.43. The summed E-state index contributed by atoms with van der Waals surface area (Å²) in [6.45, 7) is 6.35. The number of carbonyl (C=O) groups is 3. The second kappa shape index (κ2) is 9.22. The van der Waals surface area contributed by atoms with Crippen molar-refractivity contribution < 1.29 is 19.1 Å². The molecule has 0 aliphatic heterocycles. The number of carbonyl (C=O) groups excluding carboxylic acids is 3. The van der Waals surface area contributed by atoms with Crippen LogP contribution in [0, 0.1) is 34.5 Å². The first-order chi connectivity index (χ1) is 16.7. The SMILES string of the molecule is CC(=O)O[C@H]1CC[C@@]2(C)C(=CC[C@H]3[C@@H]4CC[C@H](C(=O)NCC(=O)c5ccccc5)[C@@]4(C)CC[C@@H]32)C1. The van der Waals surface area contributed by atoms with E-state index in [0.29, 0.717) is 23.3 Å². The number of benzene rings is 1. The molecule has 4 aliphatic carbocycles. The number of ether oxygens (including phenoxy) is 1. The number of esters is 1. The van der Waals surface area contributed by atoms with Gasteiger partial charge >= 0.3 is 5.97 Å². The molecule has 5 nitrogen and oxygen atoms in total. The first-order valence-electron chi connectivity index (χ1n) is 13.4. The van der Waals surface area contributed by atoms with E-state index in [4.69, 9.17) is 4.74 Å². The maximum atomic E-state index is 13.3. The van der Waals surface area contributed by atoms with Gasteiger partial charge in [-0.1, -0.05) is 55.8 Å². The zero-order valence-corrected chi connectivity index (χ0v) is 21.3. The molecule has 7 atom stereocenters. The fourth-order valence-corrected chi connectivity index (χ4v) is 8.41. The van der Waals surface area contributed by atoms with Crippen molar-refractivity contribution in [3.8, 4) is 0 Å². The van der Waals surface area contributed by atoms with Crippen LogP contribution in [-0.2, 0) is 14.3 Å². The third-order valence-electron chi connectivity index (χ3n) is 10.2. The average molecular weight is 478 g/mol. The van der Waals surface area contributed by atoms with E-state index in [9.17, 15) is 14.4 Å². The van der Waals surface area contributed by atoms with Gasteiger partial charge in [0.2, 0.25) is 5.91 Å². The normalized spacial score (nSPS) is 37.8. The van der Waals surface area contributed by atoms with Gasteiger partial charge in [0, 0.05) is 24.8 Å². The van der Waals surface area contributed by atoms with E-state index in [1.165, 1.54) is 12.5 Å². The highest BCUT2D eigenvalue weighted by molar-refractivity contribution is 5.99. The third kappa shape index (κ3) is 4.25. The Morgan fingerprint density at radius 3 is 2.51 bits per heavy atom. The zero-order valence-electron chi connectivity index (χ0n) is 21.3. The number of allylic oxidation sites excluding steroid dienone is 1. The Bertz CT molecular complexity index is 1030. The molecule has 5 heteroatoms. The van der Waals surface area contributed by atoms with Crippen LogP contribution in [0.25, 0.3) is 0 Å². The molecule has 4 aliphatic rings. The lowest BCUT2D eigenvalue weighted by Gasteiger charge is -2.58. The van der Waals surface area contributed by atoms with Gasteiger partial charge in [0.05, 0.1) is 6.54 Å². The molecular weight excluding hydrogens is 438 g/mol. The number of Topliss-reactive ketones (excluding diaryl/α,β-unsaturated/α-hetero) is 1. The minimum atomic E-state index is -0.179. The second-order valence-corrected chi connectivity index (χ2v) is 11.9. The quantitative estimate of drug-likeness (QED) is 0.345. The van der Waals surface area contributed by atoms with E-state index in [0.717, 1.165) is 51.4 Å². The lowest BCUT2D eigenvalue weighted by Crippen LogP contribution is -2.52. The smallest absolute Gasteiger partial charge is 0.302 e. The highest BCUT2D eigenvalue weighted by Gasteiger charge is 2.60. The Morgan fingerprint density at radius 2 is 1.77 bits per heavy atom. The number of hydrogen-bond acceptors (Lipinski definition) is 4. The summed E-state index contributed by atoms with van der Waals surface area (Å²) in [4.78, 5) is 37.3. The van der Waals surface area contributed by atoms with Gasteiger partial charge in [-0.3, -0.25) is 14.4 Å². The first-order valence-corrected chi connectivity index (χ1v) is 13.4. The highest BCUT2D eigenvalue weighted by atomic mass is 16.5. The fraction of sp³-hybridized carbons (Fsp3) is 0.633. The Balaban J connectivity index is 1.27. The maximum absolute atomic E-state index is 13.3. The summed E-state index contributed by atoms with van der Waals surface area (Å²) < 4.78 is 5.57. The van der Waals surface area contributed by atoms with Gasteiger partial charge in [0.15, 0.2) is 5.78 Å². The predicted octanol–water partition coefficient (Wildman–Crippen LogP) is 5.50. The molecule has 0 bridgehead atoms. The standard InChI is InChI=1S/C30H39NO4/c1-19(32)35-22-13-15-29(2)21(17-22)9-10-23-24-11-12-26(30(24,3)16-14-25(23)29)28(34)31-18-27(33)20-7-5-4-6-8-20/h4-9,22-26H,10-18H2,1-3H3,(H,31,34)/t22-,23-,24-,25-,26+,29-,30-/m0/s1. The van der Waals surface area contributed by atoms with E-state index in [2.05, 4.69) is 25.2 Å². The maximum Gasteiger partial charge on any atom is 0.302 e. The van der Waals surface area contributed by atoms with Gasteiger partial charge in [-0.25, -0.2) is 0 Å². The van der Waals surface area contributed by atoms with Gasteiger partial charge in [-0.05, 0) is 73.5 Å². The summed E-state index contributed by atoms with van der Waals surface area (Å²) in [5.41, 5.74) is 2.32. The molecule has 0 radical (unpaired) electrons. The van der Waals surface area contributed by atoms with E-state index in [1.54, 1.807) is 12.1 Å². The lowest BCUT2D eigenvalue weighted by atomic mass is 9.47. The van der Waals surface area contributed by atoms with Gasteiger partial charge in [-0.15, -0.1) is 0 Å². The topological polar surface area (TPSA) is 72.5 Å². The summed E-state index contributed by atoms with van der Waals surface area (Å²) in [6, 6.07) is 9.19. The molecule has 1 N–H and O–H groups in total. The van der Waals surface area contributed by atoms with Crippen LogP contribution in [0.2, 0.25) is 0 Å². The molecule has 188 valence electrons. The molecule has 0 spiro atoms. The van der Waals surface area contributed by atoms with E-state index in [-0.39, 0.29) is 47.1 Å². The van der Waals surface area contributed by atoms with Crippen LogP contribution in [0.5, 0.6) is 0 Å². The van der Waals surface area contributed by atoms with Gasteiger partial charge in [0.1, 0.15) is 6.10 Å². The number of ketones is 1. The average Bonchev–Trinajstić information content (AvgIpc) is 3.20. The van der Waals surface area contributed by atoms with E-state index < -0.39 is 0 Å². The molecular formula is C30H39NO4. The van der Waals surface area contributed by atoms with E-state index >= 15 is 0 Å². The molecule has 0 aromatic heterocycles. The molecule has 1 amide bonds. The van der Waals surface area contributed by atoms with Crippen LogP contribution >= 0.6 is 0 Å². The molecule has 0 saturated heterocycles. The molecule has 35 heavy (non-hydrogen) atoms. The Morgan fingerprint density at radius 1 is 1.00 bits per heavy atom. The van der Waals surface area contributed by atoms with Crippen molar-refractivity contribution in [1.82, 2.24) is 5.32 Å². The van der Waals surface area contributed by atoms with Gasteiger partial charge in [-0.2, -0.15) is 0 Å². The number of nitrogens with one attached hydrogen (secondary N) is 1. The van der Waals surface area contributed by atoms with Crippen molar-refractivity contribution in [3.63, 3.8) is 0 Å². The van der Waals surface area contributed by atoms with Crippen molar-refractivity contribution in [2.75, 3.05) is 6.54 Å². The minimum absolute atomic E-state index is 0.00229. The summed E-state index contributed by atoms with van der Waals surface area (Å²) in [6.07, 6.45) is 10.7. The number of amides is 1. The van der Waals surface area contributed by atoms with E-state index in [1.807, 2.05) is 18.2 Å². The summed E-state index contributed by atoms with van der Waals surface area (Å²) in [7, 11) is 0. The van der Waals surface area contributed by atoms with Crippen molar-refractivity contribution in [1.29, 1.82) is 0 Å². The van der Waals surface area contributed by atoms with Crippen LogP contribution in [-0.4, -0.2) is 30.3 Å². The third-order valence-corrected chi connectivity index (χ3v) is 10.2. The Labute approximate surface area is 209 Å². The number of hydrogen-bond donors (Lipinski definition) is 1. The molecule has 3 fully saturated rings. The number of fused-ring (bicyclic) bond motifs is 5. The van der Waals surface area contributed by atoms with Crippen molar-refractivity contribution >= 4 is 17.7 Å². The largest absolute Gasteiger partial charge is 0.462 e. The molecule has 1 aromatic carbocycles. The predicted molar refractivity (Wildman–Crippen MR) is 135 cm³/mol. The van der Waals surface area contributed by atoms with Crippen molar-refractivity contribution in [3.05, 3.63) is 47.5 Å². The lowest BCUT2D eigenvalue weighted by molar-refractivity contribution is -0.149. The zero-order chi connectivity index (χ0) is 24.8. The van der Waals surface area contributed by atoms with Crippen LogP contribution in [0.3, 0.4) is 0 Å². The molecule has 1 aromatic rings. The van der Waals surface area contributed by atoms with Crippen LogP contribution in [0.15, 0.2) is 42.0 Å². The number of rotatable bonds is 5. The summed E-state index contributed by atoms with van der Waals surface area (Å²) in [5.74, 6) is 1.61. The molecule has 0 heterocycles. The van der Waals surface area contributed by atoms with Gasteiger partial charge in [0.25, 0.3) is 0 Å².